The molecule has 4 N–H and O–H groups in total. The van der Waals surface area contributed by atoms with Crippen molar-refractivity contribution in [2.45, 2.75) is 62.9 Å². The zero-order valence-corrected chi connectivity index (χ0v) is 23.0. The molecule has 0 spiro atoms. The molecular weight excluding hydrogens is 508 g/mol. The summed E-state index contributed by atoms with van der Waals surface area (Å²) in [5.74, 6) is 0. The van der Waals surface area contributed by atoms with Gasteiger partial charge in [-0.1, -0.05) is 99.1 Å². The van der Waals surface area contributed by atoms with Gasteiger partial charge in [-0.05, 0) is 38.7 Å². The molecule has 0 bridgehead atoms. The van der Waals surface area contributed by atoms with Crippen molar-refractivity contribution < 1.29 is 29.6 Å². The molecule has 1 aliphatic heterocycles. The van der Waals surface area contributed by atoms with Crippen LogP contribution < -0.4 is 10.4 Å². The van der Waals surface area contributed by atoms with Gasteiger partial charge >= 0.3 is 0 Å². The first-order chi connectivity index (χ1) is 17.6. The average molecular weight is 543 g/mol. The molecule has 1 unspecified atom stereocenters. The van der Waals surface area contributed by atoms with Crippen LogP contribution in [0.5, 0.6) is 0 Å². The molecule has 198 valence electrons. The molecule has 0 aliphatic carbocycles. The molecule has 0 aromatic heterocycles. The van der Waals surface area contributed by atoms with Gasteiger partial charge in [0.15, 0.2) is 0 Å². The molecule has 0 radical (unpaired) electrons. The molecule has 8 heteroatoms. The van der Waals surface area contributed by atoms with E-state index in [1.807, 2.05) is 36.4 Å². The van der Waals surface area contributed by atoms with Crippen molar-refractivity contribution in [3.05, 3.63) is 95.0 Å². The minimum Gasteiger partial charge on any atom is -0.403 e. The van der Waals surface area contributed by atoms with E-state index in [4.69, 9.17) is 20.8 Å². The largest absolute Gasteiger partial charge is 0.403 e. The normalized spacial score (nSPS) is 24.7. The summed E-state index contributed by atoms with van der Waals surface area (Å²) < 4.78 is 12.8. The van der Waals surface area contributed by atoms with Crippen molar-refractivity contribution in [3.63, 3.8) is 0 Å². The van der Waals surface area contributed by atoms with Crippen LogP contribution in [0.4, 0.5) is 0 Å². The Morgan fingerprint density at radius 1 is 0.838 bits per heavy atom. The lowest BCUT2D eigenvalue weighted by atomic mass is 9.91. The van der Waals surface area contributed by atoms with Crippen LogP contribution in [-0.4, -0.2) is 59.8 Å². The Hall–Kier alpha value is -2.07. The van der Waals surface area contributed by atoms with E-state index >= 15 is 0 Å². The van der Waals surface area contributed by atoms with Crippen molar-refractivity contribution in [3.8, 4) is 0 Å². The highest BCUT2D eigenvalue weighted by Gasteiger charge is 2.50. The molecule has 3 aromatic carbocycles. The van der Waals surface area contributed by atoms with Gasteiger partial charge in [-0.25, -0.2) is 0 Å². The zero-order valence-electron chi connectivity index (χ0n) is 21.3. The van der Waals surface area contributed by atoms with Crippen molar-refractivity contribution in [1.29, 1.82) is 0 Å². The lowest BCUT2D eigenvalue weighted by Gasteiger charge is -2.43. The topological polar surface area (TPSA) is 99.4 Å². The Morgan fingerprint density at radius 2 is 1.41 bits per heavy atom. The maximum absolute atomic E-state index is 10.6. The second kappa shape index (κ2) is 11.4. The number of hydrogen-bond acceptors (Lipinski definition) is 6. The Kier molecular flexibility index (Phi) is 8.57. The number of ether oxygens (including phenoxy) is 1. The highest BCUT2D eigenvalue weighted by Crippen LogP contribution is 2.39. The molecule has 3 aromatic rings. The molecule has 5 atom stereocenters. The van der Waals surface area contributed by atoms with Crippen molar-refractivity contribution >= 4 is 30.3 Å². The third kappa shape index (κ3) is 5.41. The molecule has 4 rings (SSSR count). The van der Waals surface area contributed by atoms with Crippen LogP contribution in [0.2, 0.25) is 10.1 Å². The average Bonchev–Trinajstić information content (AvgIpc) is 2.89. The fourth-order valence-corrected chi connectivity index (χ4v) is 9.91. The highest BCUT2D eigenvalue weighted by atomic mass is 35.5. The fourth-order valence-electron chi connectivity index (χ4n) is 5.21. The third-order valence-corrected chi connectivity index (χ3v) is 12.5. The van der Waals surface area contributed by atoms with Gasteiger partial charge in [0.2, 0.25) is 0 Å². The van der Waals surface area contributed by atoms with Crippen LogP contribution in [-0.2, 0) is 15.8 Å². The second-order valence-corrected chi connectivity index (χ2v) is 15.3. The summed E-state index contributed by atoms with van der Waals surface area (Å²) in [5.41, 5.74) is 1.28. The van der Waals surface area contributed by atoms with Crippen LogP contribution in [0.3, 0.4) is 0 Å². The molecule has 1 saturated heterocycles. The summed E-state index contributed by atoms with van der Waals surface area (Å²) in [6, 6.07) is 25.8. The zero-order chi connectivity index (χ0) is 26.8. The van der Waals surface area contributed by atoms with Gasteiger partial charge in [-0.15, -0.1) is 0 Å². The Balaban J connectivity index is 1.72. The Labute approximate surface area is 224 Å². The van der Waals surface area contributed by atoms with E-state index in [2.05, 4.69) is 45.0 Å². The minimum absolute atomic E-state index is 0.211. The Bertz CT molecular complexity index is 1130. The summed E-state index contributed by atoms with van der Waals surface area (Å²) in [7, 11) is -2.81. The minimum atomic E-state index is -2.81. The first-order valence-electron chi connectivity index (χ1n) is 12.4. The summed E-state index contributed by atoms with van der Waals surface area (Å²) in [5, 5.41) is 43.2. The van der Waals surface area contributed by atoms with E-state index in [1.54, 1.807) is 18.2 Å². The van der Waals surface area contributed by atoms with Gasteiger partial charge in [0.05, 0.1) is 13.2 Å². The van der Waals surface area contributed by atoms with E-state index in [0.29, 0.717) is 16.1 Å². The van der Waals surface area contributed by atoms with Gasteiger partial charge in [-0.2, -0.15) is 0 Å². The van der Waals surface area contributed by atoms with E-state index in [9.17, 15) is 20.4 Å². The van der Waals surface area contributed by atoms with Crippen LogP contribution in [0, 0.1) is 0 Å². The maximum atomic E-state index is 10.6. The highest BCUT2D eigenvalue weighted by molar-refractivity contribution is 6.99. The van der Waals surface area contributed by atoms with Crippen LogP contribution in [0.25, 0.3) is 0 Å². The van der Waals surface area contributed by atoms with Crippen molar-refractivity contribution in [2.24, 2.45) is 0 Å². The fraction of sp³-hybridized carbons (Fsp3) is 0.379. The van der Waals surface area contributed by atoms with E-state index < -0.39 is 45.4 Å². The van der Waals surface area contributed by atoms with E-state index in [-0.39, 0.29) is 11.6 Å². The van der Waals surface area contributed by atoms with Gasteiger partial charge in [0, 0.05) is 5.02 Å². The standard InChI is InChI=1S/C29H35ClO6Si/c1-29(2,3)37(21-10-6-4-7-11-21,22-12-8-5-9-13-22)35-18-20-16-19(14-15-23(20)30)28-27(34)26(33)25(32)24(17-31)36-28/h4-16,24-28,31-34H,17-18H2,1-3H3/t24?,25-,26+,27+,28+/m1/s1. The van der Waals surface area contributed by atoms with E-state index in [0.717, 1.165) is 10.4 Å². The number of rotatable bonds is 7. The molecule has 0 saturated carbocycles. The number of hydrogen-bond donors (Lipinski definition) is 4. The lowest BCUT2D eigenvalue weighted by Crippen LogP contribution is -2.66. The third-order valence-electron chi connectivity index (χ3n) is 7.15. The molecule has 1 heterocycles. The van der Waals surface area contributed by atoms with Crippen molar-refractivity contribution in [1.82, 2.24) is 0 Å². The monoisotopic (exact) mass is 542 g/mol. The SMILES string of the molecule is CC(C)(C)[Si](OCc1cc([C@@H]2OC(CO)[C@@H](O)[C@H](O)[C@@H]2O)ccc1Cl)(c1ccccc1)c1ccccc1. The molecule has 1 fully saturated rings. The van der Waals surface area contributed by atoms with E-state index in [1.165, 1.54) is 0 Å². The van der Waals surface area contributed by atoms with Gasteiger partial charge in [0.1, 0.15) is 30.5 Å². The smallest absolute Gasteiger partial charge is 0.261 e. The number of aliphatic hydroxyl groups excluding tert-OH is 4. The second-order valence-electron chi connectivity index (χ2n) is 10.6. The first-order valence-corrected chi connectivity index (χ1v) is 14.7. The first kappa shape index (κ1) is 27.9. The molecule has 0 amide bonds. The number of benzene rings is 3. The number of halogens is 1. The van der Waals surface area contributed by atoms with Crippen molar-refractivity contribution in [2.75, 3.05) is 6.61 Å². The number of aliphatic hydroxyl groups is 4. The summed E-state index contributed by atoms with van der Waals surface area (Å²) in [6.07, 6.45) is -6.18. The molecule has 1 aliphatic rings. The van der Waals surface area contributed by atoms with Crippen LogP contribution in [0.1, 0.15) is 38.0 Å². The lowest BCUT2D eigenvalue weighted by molar-refractivity contribution is -0.231. The van der Waals surface area contributed by atoms with Crippen LogP contribution in [0.15, 0.2) is 78.9 Å². The van der Waals surface area contributed by atoms with Gasteiger partial charge < -0.3 is 29.6 Å². The van der Waals surface area contributed by atoms with Gasteiger partial charge in [0.25, 0.3) is 8.32 Å². The van der Waals surface area contributed by atoms with Gasteiger partial charge in [-0.3, -0.25) is 0 Å². The van der Waals surface area contributed by atoms with Crippen LogP contribution >= 0.6 is 11.6 Å². The molecule has 37 heavy (non-hydrogen) atoms. The summed E-state index contributed by atoms with van der Waals surface area (Å²) in [4.78, 5) is 0. The predicted octanol–water partition coefficient (Wildman–Crippen LogP) is 2.93. The molecule has 6 nitrogen and oxygen atoms in total. The quantitative estimate of drug-likeness (QED) is 0.343. The summed E-state index contributed by atoms with van der Waals surface area (Å²) >= 11 is 6.62. The predicted molar refractivity (Wildman–Crippen MR) is 147 cm³/mol. The maximum Gasteiger partial charge on any atom is 0.261 e. The Morgan fingerprint density at radius 3 is 1.92 bits per heavy atom. The molecular formula is C29H35ClO6Si. The summed E-state index contributed by atoms with van der Waals surface area (Å²) in [6.45, 7) is 6.33.